The number of pyridine rings is 1. The maximum Gasteiger partial charge on any atom is 0.343 e. The molecule has 0 aliphatic heterocycles. The van der Waals surface area contributed by atoms with Gasteiger partial charge >= 0.3 is 5.97 Å². The molecule has 0 aliphatic carbocycles. The normalized spacial score (nSPS) is 11.3. The summed E-state index contributed by atoms with van der Waals surface area (Å²) in [5.74, 6) is -0.570. The van der Waals surface area contributed by atoms with Crippen molar-refractivity contribution in [3.05, 3.63) is 126 Å². The second kappa shape index (κ2) is 9.87. The van der Waals surface area contributed by atoms with Crippen LogP contribution in [-0.2, 0) is 4.74 Å². The van der Waals surface area contributed by atoms with E-state index in [1.807, 2.05) is 78.9 Å². The summed E-state index contributed by atoms with van der Waals surface area (Å²) in [6, 6.07) is 38.3. The first-order chi connectivity index (χ1) is 17.1. The number of nitrogens with zero attached hydrogens (tertiary/aromatic N) is 2. The highest BCUT2D eigenvalue weighted by Crippen LogP contribution is 2.51. The summed E-state index contributed by atoms with van der Waals surface area (Å²) in [4.78, 5) is 17.5. The quantitative estimate of drug-likeness (QED) is 0.159. The van der Waals surface area contributed by atoms with E-state index in [-0.39, 0.29) is 10.7 Å². The van der Waals surface area contributed by atoms with Crippen molar-refractivity contribution in [1.82, 2.24) is 4.98 Å². The van der Waals surface area contributed by atoms with Gasteiger partial charge in [0.1, 0.15) is 10.7 Å². The summed E-state index contributed by atoms with van der Waals surface area (Å²) in [5, 5.41) is 3.99. The van der Waals surface area contributed by atoms with Gasteiger partial charge in [0.15, 0.2) is 0 Å². The van der Waals surface area contributed by atoms with Crippen LogP contribution in [0.4, 0.5) is 5.69 Å². The van der Waals surface area contributed by atoms with Crippen molar-refractivity contribution in [1.29, 1.82) is 0 Å². The first-order valence-electron chi connectivity index (χ1n) is 11.1. The molecule has 35 heavy (non-hydrogen) atoms. The molecule has 0 saturated heterocycles. The molecule has 5 rings (SSSR count). The molecule has 5 aromatic rings. The van der Waals surface area contributed by atoms with E-state index in [1.54, 1.807) is 0 Å². The Bertz CT molecular complexity index is 1450. The molecule has 4 nitrogen and oxygen atoms in total. The van der Waals surface area contributed by atoms with Gasteiger partial charge in [-0.2, -0.15) is 0 Å². The summed E-state index contributed by atoms with van der Waals surface area (Å²) in [5.41, 5.74) is 1.31. The number of aromatic nitrogens is 1. The van der Waals surface area contributed by atoms with Gasteiger partial charge in [0, 0.05) is 21.3 Å². The molecule has 0 fully saturated rings. The third-order valence-corrected chi connectivity index (χ3v) is 9.76. The van der Waals surface area contributed by atoms with Crippen LogP contribution < -0.4 is 15.9 Å². The van der Waals surface area contributed by atoms with Crippen molar-refractivity contribution in [3.8, 4) is 0 Å². The van der Waals surface area contributed by atoms with E-state index in [0.717, 1.165) is 21.3 Å². The second-order valence-electron chi connectivity index (χ2n) is 7.88. The van der Waals surface area contributed by atoms with Crippen LogP contribution in [0, 0.1) is 0 Å². The number of benzene rings is 4. The number of rotatable bonds is 5. The number of ether oxygens (including phenoxy) is 1. The van der Waals surface area contributed by atoms with Gasteiger partial charge in [-0.25, -0.2) is 9.78 Å². The molecule has 1 heterocycles. The molecule has 0 aliphatic rings. The molecule has 172 valence electrons. The highest BCUT2D eigenvalue weighted by molar-refractivity contribution is 7.87. The molecule has 0 spiro atoms. The van der Waals surface area contributed by atoms with E-state index in [0.29, 0.717) is 11.2 Å². The average Bonchev–Trinajstić information content (AvgIpc) is 2.92. The van der Waals surface area contributed by atoms with Crippen LogP contribution in [0.1, 0.15) is 10.4 Å². The van der Waals surface area contributed by atoms with Crippen molar-refractivity contribution in [2.75, 3.05) is 7.11 Å². The van der Waals surface area contributed by atoms with E-state index in [9.17, 15) is 4.79 Å². The van der Waals surface area contributed by atoms with Gasteiger partial charge in [-0.3, -0.25) is 4.74 Å². The molecular formula is C29H22ClN2O2P. The van der Waals surface area contributed by atoms with E-state index >= 15 is 0 Å². The zero-order chi connectivity index (χ0) is 24.3. The largest absolute Gasteiger partial charge is 0.465 e. The number of halogens is 1. The van der Waals surface area contributed by atoms with Gasteiger partial charge in [-0.15, -0.1) is 0 Å². The molecule has 6 heteroatoms. The number of carbonyl (C=O) groups excluding carboxylic acids is 1. The molecular weight excluding hydrogens is 475 g/mol. The summed E-state index contributed by atoms with van der Waals surface area (Å²) in [7, 11) is -1.31. The Hall–Kier alpha value is -3.72. The minimum Gasteiger partial charge on any atom is -0.465 e. The predicted molar refractivity (Wildman–Crippen MR) is 145 cm³/mol. The van der Waals surface area contributed by atoms with Gasteiger partial charge in [0.05, 0.1) is 25.4 Å². The standard InChI is InChI=1S/C29H22ClN2O2P/c1-34-29(33)26-27(24-19-11-12-20-25(24)31-28(26)30)32-35(21-13-5-2-6-14-21,22-15-7-3-8-16-22)23-17-9-4-10-18-23/h2-20H,1H3. The maximum absolute atomic E-state index is 13.0. The monoisotopic (exact) mass is 496 g/mol. The van der Waals surface area contributed by atoms with Crippen LogP contribution in [0.15, 0.2) is 120 Å². The van der Waals surface area contributed by atoms with Gasteiger partial charge in [-0.1, -0.05) is 121 Å². The molecule has 0 radical (unpaired) electrons. The number of methoxy groups -OCH3 is 1. The lowest BCUT2D eigenvalue weighted by Gasteiger charge is -2.27. The smallest absolute Gasteiger partial charge is 0.343 e. The van der Waals surface area contributed by atoms with Crippen molar-refractivity contribution in [3.63, 3.8) is 0 Å². The van der Waals surface area contributed by atoms with Gasteiger partial charge in [-0.05, 0) is 6.07 Å². The van der Waals surface area contributed by atoms with E-state index in [4.69, 9.17) is 21.1 Å². The minimum atomic E-state index is -2.65. The topological polar surface area (TPSA) is 51.5 Å². The van der Waals surface area contributed by atoms with Crippen molar-refractivity contribution < 1.29 is 9.53 Å². The van der Waals surface area contributed by atoms with Crippen molar-refractivity contribution >= 4 is 57.1 Å². The van der Waals surface area contributed by atoms with E-state index < -0.39 is 13.0 Å². The van der Waals surface area contributed by atoms with Crippen LogP contribution in [0.2, 0.25) is 5.15 Å². The van der Waals surface area contributed by atoms with E-state index in [1.165, 1.54) is 7.11 Å². The first kappa shape index (κ1) is 23.0. The average molecular weight is 497 g/mol. The summed E-state index contributed by atoms with van der Waals surface area (Å²) in [6.07, 6.45) is 0. The molecule has 1 aromatic heterocycles. The lowest BCUT2D eigenvalue weighted by Crippen LogP contribution is -2.25. The third kappa shape index (κ3) is 4.16. The van der Waals surface area contributed by atoms with Crippen LogP contribution in [0.25, 0.3) is 10.9 Å². The third-order valence-electron chi connectivity index (χ3n) is 5.85. The van der Waals surface area contributed by atoms with E-state index in [2.05, 4.69) is 41.4 Å². The number of hydrogen-bond donors (Lipinski definition) is 0. The van der Waals surface area contributed by atoms with Crippen LogP contribution in [0.5, 0.6) is 0 Å². The fourth-order valence-corrected chi connectivity index (χ4v) is 8.07. The summed E-state index contributed by atoms with van der Waals surface area (Å²) < 4.78 is 10.7. The molecule has 0 unspecified atom stereocenters. The number of para-hydroxylation sites is 1. The molecule has 4 aromatic carbocycles. The summed E-state index contributed by atoms with van der Waals surface area (Å²) >= 11 is 6.59. The lowest BCUT2D eigenvalue weighted by atomic mass is 10.1. The van der Waals surface area contributed by atoms with Gasteiger partial charge < -0.3 is 4.74 Å². The Morgan fingerprint density at radius 1 is 0.743 bits per heavy atom. The van der Waals surface area contributed by atoms with Crippen molar-refractivity contribution in [2.45, 2.75) is 0 Å². The maximum atomic E-state index is 13.0. The Balaban J connectivity index is 2.04. The fraction of sp³-hybridized carbons (Fsp3) is 0.0345. The minimum absolute atomic E-state index is 0.0709. The SMILES string of the molecule is COC(=O)c1c(Cl)nc2ccccc2c1N=P(c1ccccc1)(c1ccccc1)c1ccccc1. The van der Waals surface area contributed by atoms with Crippen LogP contribution in [-0.4, -0.2) is 18.1 Å². The second-order valence-corrected chi connectivity index (χ2v) is 11.3. The number of esters is 1. The number of fused-ring (bicyclic) bond motifs is 1. The first-order valence-corrected chi connectivity index (χ1v) is 13.2. The molecule has 0 atom stereocenters. The van der Waals surface area contributed by atoms with Crippen LogP contribution in [0.3, 0.4) is 0 Å². The Kier molecular flexibility index (Phi) is 6.50. The highest BCUT2D eigenvalue weighted by Gasteiger charge is 2.30. The lowest BCUT2D eigenvalue weighted by molar-refractivity contribution is 0.0601. The van der Waals surface area contributed by atoms with Crippen LogP contribution >= 0.6 is 18.7 Å². The molecule has 0 bridgehead atoms. The molecule has 0 N–H and O–H groups in total. The highest BCUT2D eigenvalue weighted by atomic mass is 35.5. The molecule has 0 saturated carbocycles. The number of carbonyl (C=O) groups is 1. The van der Waals surface area contributed by atoms with Gasteiger partial charge in [0.25, 0.3) is 0 Å². The zero-order valence-corrected chi connectivity index (χ0v) is 20.7. The van der Waals surface area contributed by atoms with Crippen molar-refractivity contribution in [2.24, 2.45) is 4.74 Å². The van der Waals surface area contributed by atoms with Gasteiger partial charge in [0.2, 0.25) is 0 Å². The Morgan fingerprint density at radius 2 is 1.20 bits per heavy atom. The zero-order valence-electron chi connectivity index (χ0n) is 19.0. The summed E-state index contributed by atoms with van der Waals surface area (Å²) in [6.45, 7) is 0. The predicted octanol–water partition coefficient (Wildman–Crippen LogP) is 6.48. The fourth-order valence-electron chi connectivity index (χ4n) is 4.25. The Labute approximate surface area is 209 Å². The Morgan fingerprint density at radius 3 is 1.69 bits per heavy atom. The molecule has 0 amide bonds. The number of hydrogen-bond acceptors (Lipinski definition) is 4.